The van der Waals surface area contributed by atoms with E-state index in [1.54, 1.807) is 0 Å². The molecule has 2 aliphatic rings. The van der Waals surface area contributed by atoms with E-state index in [4.69, 9.17) is 10.5 Å². The van der Waals surface area contributed by atoms with Crippen LogP contribution in [-0.4, -0.2) is 55.4 Å². The van der Waals surface area contributed by atoms with Gasteiger partial charge in [-0.3, -0.25) is 4.90 Å². The van der Waals surface area contributed by atoms with Gasteiger partial charge in [-0.2, -0.15) is 0 Å². The number of ether oxygens (including phenoxy) is 1. The van der Waals surface area contributed by atoms with Gasteiger partial charge in [0.1, 0.15) is 18.5 Å². The largest absolute Gasteiger partial charge is 0.491 e. The van der Waals surface area contributed by atoms with E-state index in [0.29, 0.717) is 13.2 Å². The van der Waals surface area contributed by atoms with Crippen LogP contribution in [0.1, 0.15) is 24.0 Å². The van der Waals surface area contributed by atoms with Crippen molar-refractivity contribution in [1.82, 2.24) is 4.90 Å². The number of hydrogen-bond donors (Lipinski definition) is 2. The van der Waals surface area contributed by atoms with Gasteiger partial charge in [0.15, 0.2) is 0 Å². The maximum atomic E-state index is 10.5. The molecule has 0 spiro atoms. The molecular weight excluding hydrogens is 421 g/mol. The second-order valence-electron chi connectivity index (χ2n) is 7.91. The number of nitrogens with zero attached hydrogens (tertiary/aromatic N) is 2. The lowest BCUT2D eigenvalue weighted by atomic mass is 9.91. The minimum absolute atomic E-state index is 0. The van der Waals surface area contributed by atoms with Crippen molar-refractivity contribution in [3.63, 3.8) is 0 Å². The highest BCUT2D eigenvalue weighted by Gasteiger charge is 2.21. The second kappa shape index (κ2) is 11.7. The van der Waals surface area contributed by atoms with Gasteiger partial charge in [-0.05, 0) is 55.0 Å². The number of β-amino-alcohol motifs (C(OH)–C–C–N with tert-alkyl or cyclic N) is 1. The molecule has 30 heavy (non-hydrogen) atoms. The molecule has 1 heterocycles. The Morgan fingerprint density at radius 1 is 0.933 bits per heavy atom. The Bertz CT molecular complexity index is 798. The number of anilines is 2. The lowest BCUT2D eigenvalue weighted by Crippen LogP contribution is -2.49. The number of nitrogen functional groups attached to an aromatic ring is 1. The molecule has 1 saturated heterocycles. The number of hydrogen-bond acceptors (Lipinski definition) is 5. The van der Waals surface area contributed by atoms with E-state index in [9.17, 15) is 5.11 Å². The molecule has 0 saturated carbocycles. The average Bonchev–Trinajstić information content (AvgIpc) is 2.73. The number of aliphatic hydroxyl groups excluding tert-OH is 1. The summed E-state index contributed by atoms with van der Waals surface area (Å²) in [5, 5.41) is 10.5. The first-order chi connectivity index (χ1) is 13.7. The predicted molar refractivity (Wildman–Crippen MR) is 129 cm³/mol. The van der Waals surface area contributed by atoms with Crippen LogP contribution >= 0.6 is 24.8 Å². The number of piperazine rings is 1. The summed E-state index contributed by atoms with van der Waals surface area (Å²) in [5.41, 5.74) is 10.8. The van der Waals surface area contributed by atoms with Crippen LogP contribution in [0.25, 0.3) is 0 Å². The van der Waals surface area contributed by atoms with Crippen molar-refractivity contribution in [2.45, 2.75) is 31.8 Å². The maximum Gasteiger partial charge on any atom is 0.122 e. The number of aliphatic hydroxyl groups is 1. The van der Waals surface area contributed by atoms with Crippen molar-refractivity contribution in [1.29, 1.82) is 0 Å². The van der Waals surface area contributed by atoms with Crippen LogP contribution in [0.4, 0.5) is 11.4 Å². The smallest absolute Gasteiger partial charge is 0.122 e. The summed E-state index contributed by atoms with van der Waals surface area (Å²) in [6.45, 7) is 4.69. The van der Waals surface area contributed by atoms with Gasteiger partial charge in [-0.1, -0.05) is 24.3 Å². The van der Waals surface area contributed by atoms with Crippen LogP contribution in [0.15, 0.2) is 42.5 Å². The highest BCUT2D eigenvalue weighted by molar-refractivity contribution is 5.85. The van der Waals surface area contributed by atoms with Gasteiger partial charge in [-0.25, -0.2) is 0 Å². The molecule has 1 atom stereocenters. The Labute approximate surface area is 192 Å². The number of aryl methyl sites for hydroxylation is 1. The topological polar surface area (TPSA) is 62.0 Å². The number of benzene rings is 2. The summed E-state index contributed by atoms with van der Waals surface area (Å²) >= 11 is 0. The number of halogens is 2. The quantitative estimate of drug-likeness (QED) is 0.654. The van der Waals surface area contributed by atoms with Gasteiger partial charge >= 0.3 is 0 Å². The zero-order valence-electron chi connectivity index (χ0n) is 17.3. The fourth-order valence-corrected chi connectivity index (χ4v) is 4.37. The molecule has 0 aromatic heterocycles. The molecule has 1 aliphatic carbocycles. The first-order valence-corrected chi connectivity index (χ1v) is 10.4. The summed E-state index contributed by atoms with van der Waals surface area (Å²) in [6.07, 6.45) is 4.25. The first-order valence-electron chi connectivity index (χ1n) is 10.4. The summed E-state index contributed by atoms with van der Waals surface area (Å²) in [6, 6.07) is 14.3. The molecule has 5 nitrogen and oxygen atoms in total. The predicted octanol–water partition coefficient (Wildman–Crippen LogP) is 3.55. The SMILES string of the molecule is Cl.Cl.Nc1ccccc1N1CCN(CC(O)COc2cccc3c2CCCC3)CC1. The minimum atomic E-state index is -0.479. The third-order valence-corrected chi connectivity index (χ3v) is 5.90. The van der Waals surface area contributed by atoms with Gasteiger partial charge in [0, 0.05) is 32.7 Å². The maximum absolute atomic E-state index is 10.5. The summed E-state index contributed by atoms with van der Waals surface area (Å²) in [4.78, 5) is 4.63. The molecule has 0 amide bonds. The number of rotatable bonds is 6. The van der Waals surface area contributed by atoms with Crippen LogP contribution in [0.5, 0.6) is 5.75 Å². The second-order valence-corrected chi connectivity index (χ2v) is 7.91. The molecule has 0 radical (unpaired) electrons. The Morgan fingerprint density at radius 2 is 1.67 bits per heavy atom. The standard InChI is InChI=1S/C23H31N3O2.2ClH/c24-21-9-3-4-10-22(21)26-14-12-25(13-15-26)16-19(27)17-28-23-11-5-7-18-6-1-2-8-20(18)23;;/h3-5,7,9-11,19,27H,1-2,6,8,12-17,24H2;2*1H. The van der Waals surface area contributed by atoms with Crippen molar-refractivity contribution >= 4 is 36.2 Å². The fraction of sp³-hybridized carbons (Fsp3) is 0.478. The molecule has 166 valence electrons. The highest BCUT2D eigenvalue weighted by atomic mass is 35.5. The van der Waals surface area contributed by atoms with Gasteiger partial charge in [-0.15, -0.1) is 24.8 Å². The van der Waals surface area contributed by atoms with Crippen molar-refractivity contribution in [2.24, 2.45) is 0 Å². The van der Waals surface area contributed by atoms with Crippen molar-refractivity contribution in [2.75, 3.05) is 50.0 Å². The average molecular weight is 454 g/mol. The van der Waals surface area contributed by atoms with Crippen LogP contribution in [0.2, 0.25) is 0 Å². The Morgan fingerprint density at radius 3 is 2.43 bits per heavy atom. The minimum Gasteiger partial charge on any atom is -0.491 e. The third kappa shape index (κ3) is 5.94. The van der Waals surface area contributed by atoms with Crippen molar-refractivity contribution < 1.29 is 9.84 Å². The summed E-state index contributed by atoms with van der Waals surface area (Å²) in [5.74, 6) is 0.959. The van der Waals surface area contributed by atoms with Crippen LogP contribution in [0.3, 0.4) is 0 Å². The molecule has 1 fully saturated rings. The molecule has 4 rings (SSSR count). The summed E-state index contributed by atoms with van der Waals surface area (Å²) < 4.78 is 6.01. The van der Waals surface area contributed by atoms with Gasteiger partial charge in [0.2, 0.25) is 0 Å². The van der Waals surface area contributed by atoms with E-state index < -0.39 is 6.10 Å². The van der Waals surface area contributed by atoms with Crippen molar-refractivity contribution in [3.8, 4) is 5.75 Å². The molecule has 2 aromatic carbocycles. The lowest BCUT2D eigenvalue weighted by Gasteiger charge is -2.37. The molecule has 1 unspecified atom stereocenters. The van der Waals surface area contributed by atoms with E-state index in [-0.39, 0.29) is 24.8 Å². The van der Waals surface area contributed by atoms with Crippen LogP contribution < -0.4 is 15.4 Å². The van der Waals surface area contributed by atoms with Gasteiger partial charge in [0.05, 0.1) is 11.4 Å². The van der Waals surface area contributed by atoms with Crippen molar-refractivity contribution in [3.05, 3.63) is 53.6 Å². The Balaban J connectivity index is 0.00000160. The number of fused-ring (bicyclic) bond motifs is 1. The zero-order chi connectivity index (χ0) is 19.3. The van der Waals surface area contributed by atoms with E-state index in [1.165, 1.54) is 24.0 Å². The number of para-hydroxylation sites is 2. The van der Waals surface area contributed by atoms with E-state index in [1.807, 2.05) is 24.3 Å². The highest BCUT2D eigenvalue weighted by Crippen LogP contribution is 2.29. The Hall–Kier alpha value is -1.66. The third-order valence-electron chi connectivity index (χ3n) is 5.90. The summed E-state index contributed by atoms with van der Waals surface area (Å²) in [7, 11) is 0. The fourth-order valence-electron chi connectivity index (χ4n) is 4.37. The van der Waals surface area contributed by atoms with Gasteiger partial charge in [0.25, 0.3) is 0 Å². The van der Waals surface area contributed by atoms with Gasteiger partial charge < -0.3 is 20.5 Å². The Kier molecular flexibility index (Phi) is 9.56. The van der Waals surface area contributed by atoms with Crippen LogP contribution in [0, 0.1) is 0 Å². The van der Waals surface area contributed by atoms with Crippen LogP contribution in [-0.2, 0) is 12.8 Å². The monoisotopic (exact) mass is 453 g/mol. The number of nitrogens with two attached hydrogens (primary N) is 1. The molecule has 1 aliphatic heterocycles. The van der Waals surface area contributed by atoms with E-state index in [2.05, 4.69) is 28.0 Å². The molecule has 7 heteroatoms. The zero-order valence-corrected chi connectivity index (χ0v) is 19.0. The molecule has 0 bridgehead atoms. The lowest BCUT2D eigenvalue weighted by molar-refractivity contribution is 0.0659. The molecule has 3 N–H and O–H groups in total. The normalized spacial score (nSPS) is 17.3. The van der Waals surface area contributed by atoms with E-state index >= 15 is 0 Å². The first kappa shape index (κ1) is 24.6. The van der Waals surface area contributed by atoms with E-state index in [0.717, 1.165) is 56.1 Å². The molecular formula is C23H33Cl2N3O2. The molecule has 2 aromatic rings.